The van der Waals surface area contributed by atoms with Gasteiger partial charge in [-0.2, -0.15) is 12.1 Å². The Balaban J connectivity index is 0.00000288. The molecule has 0 aliphatic heterocycles. The Bertz CT molecular complexity index is 815. The quantitative estimate of drug-likeness (QED) is 0.346. The molecule has 7 heteroatoms. The molecular formula is C17H13F2INO2Y-. The Labute approximate surface area is 177 Å². The number of hydrogen-bond donors (Lipinski definition) is 0. The Morgan fingerprint density at radius 2 is 2.17 bits per heavy atom. The summed E-state index contributed by atoms with van der Waals surface area (Å²) in [6.45, 7) is 1.28. The first-order chi connectivity index (χ1) is 10.9. The molecule has 24 heavy (non-hydrogen) atoms. The molecule has 1 aromatic carbocycles. The summed E-state index contributed by atoms with van der Waals surface area (Å²) in [4.78, 5) is 12.2. The first kappa shape index (κ1) is 21.3. The third kappa shape index (κ3) is 5.11. The van der Waals surface area contributed by atoms with E-state index in [1.807, 2.05) is 22.6 Å². The van der Waals surface area contributed by atoms with Crippen LogP contribution >= 0.6 is 22.6 Å². The second-order valence-corrected chi connectivity index (χ2v) is 5.92. The Hall–Kier alpha value is -0.776. The number of ether oxygens (including phenoxy) is 1. The summed E-state index contributed by atoms with van der Waals surface area (Å²) in [5.74, 6) is 2.95. The summed E-state index contributed by atoms with van der Waals surface area (Å²) in [6.07, 6.45) is 2.51. The Morgan fingerprint density at radius 1 is 1.46 bits per heavy atom. The number of alkyl halides is 2. The largest absolute Gasteiger partial charge is 0.481 e. The number of pyridine rings is 1. The zero-order chi connectivity index (χ0) is 17.0. The number of nitrogens with zero attached hydrogens (tertiary/aromatic N) is 1. The molecule has 3 nitrogen and oxygen atoms in total. The van der Waals surface area contributed by atoms with Crippen LogP contribution in [0.2, 0.25) is 0 Å². The van der Waals surface area contributed by atoms with Gasteiger partial charge >= 0.3 is 0 Å². The van der Waals surface area contributed by atoms with Gasteiger partial charge in [0.1, 0.15) is 12.4 Å². The van der Waals surface area contributed by atoms with E-state index in [4.69, 9.17) is 11.2 Å². The van der Waals surface area contributed by atoms with Crippen molar-refractivity contribution in [3.8, 4) is 29.4 Å². The molecule has 0 unspecified atom stereocenters. The van der Waals surface area contributed by atoms with Gasteiger partial charge in [-0.15, -0.1) is 35.1 Å². The maximum Gasteiger partial charge on any atom is 0.256 e. The summed E-state index contributed by atoms with van der Waals surface area (Å²) >= 11 is 1.81. The molecule has 0 fully saturated rings. The maximum atomic E-state index is 12.8. The molecule has 1 aromatic heterocycles. The minimum atomic E-state index is -2.63. The predicted octanol–water partition coefficient (Wildman–Crippen LogP) is 3.50. The van der Waals surface area contributed by atoms with E-state index in [1.165, 1.54) is 6.07 Å². The normalized spacial score (nSPS) is 10.2. The van der Waals surface area contributed by atoms with Gasteiger partial charge in [0.2, 0.25) is 5.56 Å². The number of benzene rings is 1. The summed E-state index contributed by atoms with van der Waals surface area (Å²) in [5, 5.41) is 0. The number of hydrogen-bond acceptors (Lipinski definition) is 2. The average molecular weight is 517 g/mol. The van der Waals surface area contributed by atoms with Crippen molar-refractivity contribution in [3.63, 3.8) is 0 Å². The Morgan fingerprint density at radius 3 is 2.75 bits per heavy atom. The van der Waals surface area contributed by atoms with Gasteiger partial charge in [-0.25, -0.2) is 8.78 Å². The fraction of sp³-hybridized carbons (Fsp3) is 0.235. The molecule has 0 spiro atoms. The van der Waals surface area contributed by atoms with Crippen LogP contribution in [0.15, 0.2) is 29.1 Å². The fourth-order valence-electron chi connectivity index (χ4n) is 2.15. The van der Waals surface area contributed by atoms with Gasteiger partial charge in [-0.3, -0.25) is 4.79 Å². The van der Waals surface area contributed by atoms with Crippen molar-refractivity contribution in [1.82, 2.24) is 4.57 Å². The zero-order valence-corrected chi connectivity index (χ0v) is 17.8. The van der Waals surface area contributed by atoms with Crippen molar-refractivity contribution < 1.29 is 46.2 Å². The number of halogens is 3. The standard InChI is InChI=1S/C17H13F2INO2.Y/c1-3-8-23-12-4-5-13(11(2)9-12)15-7-6-14(20)17(22)21(15)10-16(18)19;/h1,4-6,9,16H,8,10H2,2H3;/q-1;. The molecule has 0 atom stereocenters. The van der Waals surface area contributed by atoms with Gasteiger partial charge < -0.3 is 9.30 Å². The van der Waals surface area contributed by atoms with Gasteiger partial charge in [-0.05, 0) is 15.7 Å². The number of rotatable bonds is 5. The van der Waals surface area contributed by atoms with Crippen LogP contribution in [0.3, 0.4) is 0 Å². The fourth-order valence-corrected chi connectivity index (χ4v) is 2.60. The summed E-state index contributed by atoms with van der Waals surface area (Å²) in [7, 11) is 0. The van der Waals surface area contributed by atoms with Crippen molar-refractivity contribution >= 4 is 22.6 Å². The number of terminal acetylenes is 1. The van der Waals surface area contributed by atoms with Crippen LogP contribution in [0.5, 0.6) is 5.75 Å². The molecule has 0 aliphatic rings. The monoisotopic (exact) mass is 517 g/mol. The number of aryl methyl sites for hydroxylation is 1. The van der Waals surface area contributed by atoms with Crippen molar-refractivity contribution in [2.45, 2.75) is 19.9 Å². The topological polar surface area (TPSA) is 31.2 Å². The summed E-state index contributed by atoms with van der Waals surface area (Å²) in [5.41, 5.74) is 1.30. The van der Waals surface area contributed by atoms with Gasteiger partial charge in [0.05, 0.1) is 6.54 Å². The summed E-state index contributed by atoms with van der Waals surface area (Å²) in [6, 6.07) is 9.56. The first-order valence-corrected chi connectivity index (χ1v) is 7.78. The molecule has 0 saturated carbocycles. The van der Waals surface area contributed by atoms with Gasteiger partial charge in [0.25, 0.3) is 6.43 Å². The predicted molar refractivity (Wildman–Crippen MR) is 92.8 cm³/mol. The molecule has 0 bridgehead atoms. The van der Waals surface area contributed by atoms with Crippen LogP contribution in [0.1, 0.15) is 5.56 Å². The first-order valence-electron chi connectivity index (χ1n) is 6.70. The Kier molecular flexibility index (Phi) is 8.54. The van der Waals surface area contributed by atoms with Crippen LogP contribution in [0, 0.1) is 28.9 Å². The molecule has 2 rings (SSSR count). The molecule has 0 N–H and O–H groups in total. The maximum absolute atomic E-state index is 12.8. The van der Waals surface area contributed by atoms with E-state index in [0.29, 0.717) is 20.6 Å². The second kappa shape index (κ2) is 9.64. The third-order valence-electron chi connectivity index (χ3n) is 3.15. The van der Waals surface area contributed by atoms with E-state index in [1.54, 1.807) is 25.1 Å². The molecule has 1 heterocycles. The third-order valence-corrected chi connectivity index (χ3v) is 3.92. The van der Waals surface area contributed by atoms with E-state index in [2.05, 4.69) is 12.0 Å². The number of aromatic nitrogens is 1. The van der Waals surface area contributed by atoms with Crippen molar-refractivity contribution in [1.29, 1.82) is 0 Å². The van der Waals surface area contributed by atoms with Crippen molar-refractivity contribution in [2.24, 2.45) is 0 Å². The van der Waals surface area contributed by atoms with E-state index >= 15 is 0 Å². The molecule has 123 valence electrons. The van der Waals surface area contributed by atoms with Crippen LogP contribution < -0.4 is 10.3 Å². The molecular weight excluding hydrogens is 504 g/mol. The molecule has 0 aliphatic carbocycles. The smallest absolute Gasteiger partial charge is 0.256 e. The van der Waals surface area contributed by atoms with Crippen LogP contribution in [0.4, 0.5) is 8.78 Å². The SMILES string of the molecule is C#CCOc1ccc(-c2[c-]cc(I)c(=O)n2CC(F)F)c(C)c1.[Y]. The van der Waals surface area contributed by atoms with Gasteiger partial charge in [0.15, 0.2) is 0 Å². The minimum Gasteiger partial charge on any atom is -0.481 e. The second-order valence-electron chi connectivity index (χ2n) is 4.76. The average Bonchev–Trinajstić information content (AvgIpc) is 2.50. The molecule has 0 amide bonds. The van der Waals surface area contributed by atoms with Crippen LogP contribution in [-0.2, 0) is 39.3 Å². The van der Waals surface area contributed by atoms with Gasteiger partial charge in [0, 0.05) is 32.7 Å². The minimum absolute atomic E-state index is 0. The van der Waals surface area contributed by atoms with E-state index in [0.717, 1.165) is 10.1 Å². The molecule has 1 radical (unpaired) electrons. The zero-order valence-electron chi connectivity index (χ0n) is 12.9. The molecule has 0 saturated heterocycles. The molecule has 2 aromatic rings. The van der Waals surface area contributed by atoms with Crippen LogP contribution in [0.25, 0.3) is 11.3 Å². The van der Waals surface area contributed by atoms with Crippen molar-refractivity contribution in [3.05, 3.63) is 49.8 Å². The summed E-state index contributed by atoms with van der Waals surface area (Å²) < 4.78 is 32.4. The van der Waals surface area contributed by atoms with Gasteiger partial charge in [-0.1, -0.05) is 29.7 Å². The van der Waals surface area contributed by atoms with E-state index in [9.17, 15) is 13.6 Å². The van der Waals surface area contributed by atoms with E-state index < -0.39 is 18.5 Å². The van der Waals surface area contributed by atoms with E-state index in [-0.39, 0.29) is 39.3 Å². The van der Waals surface area contributed by atoms with Crippen molar-refractivity contribution in [2.75, 3.05) is 6.61 Å². The van der Waals surface area contributed by atoms with Crippen LogP contribution in [-0.4, -0.2) is 17.6 Å².